The van der Waals surface area contributed by atoms with Gasteiger partial charge in [0.2, 0.25) is 0 Å². The van der Waals surface area contributed by atoms with Gasteiger partial charge in [0.15, 0.2) is 0 Å². The third-order valence-electron chi connectivity index (χ3n) is 9.59. The highest BCUT2D eigenvalue weighted by Gasteiger charge is 2.37. The number of nitrogens with zero attached hydrogens (tertiary/aromatic N) is 4. The maximum atomic E-state index is 13.7. The second kappa shape index (κ2) is 14.7. The molecule has 8 heteroatoms. The van der Waals surface area contributed by atoms with Crippen LogP contribution in [0.15, 0.2) is 48.5 Å². The zero-order valence-electron chi connectivity index (χ0n) is 26.0. The van der Waals surface area contributed by atoms with Gasteiger partial charge in [-0.05, 0) is 87.4 Å². The Morgan fingerprint density at radius 2 is 1.56 bits per heavy atom. The fourth-order valence-electron chi connectivity index (χ4n) is 6.91. The van der Waals surface area contributed by atoms with Crippen molar-refractivity contribution in [2.75, 3.05) is 52.4 Å². The Bertz CT molecular complexity index is 1230. The number of phenols is 1. The van der Waals surface area contributed by atoms with Crippen LogP contribution in [0.5, 0.6) is 5.75 Å². The summed E-state index contributed by atoms with van der Waals surface area (Å²) in [6.07, 6.45) is 6.80. The van der Waals surface area contributed by atoms with E-state index in [1.165, 1.54) is 19.4 Å². The van der Waals surface area contributed by atoms with Crippen molar-refractivity contribution in [2.24, 2.45) is 5.92 Å². The second-order valence-electron chi connectivity index (χ2n) is 13.1. The number of phenolic OH excluding ortho intramolecular Hbond substituents is 1. The predicted octanol–water partition coefficient (Wildman–Crippen LogP) is 5.08. The average Bonchev–Trinajstić information content (AvgIpc) is 3.82. The third-order valence-corrected chi connectivity index (χ3v) is 9.59. The van der Waals surface area contributed by atoms with Gasteiger partial charge in [0.1, 0.15) is 5.75 Å². The van der Waals surface area contributed by atoms with Gasteiger partial charge in [0.05, 0.1) is 6.04 Å². The van der Waals surface area contributed by atoms with E-state index in [9.17, 15) is 14.7 Å². The SMILES string of the molecule is C[C@@H]1CN([C@@H](c2cccc(O)c2)c2cccc(C(=O)N3CCN(CCCCCCC(=O)O)CC3)c2)[C@@H](C)CN1CC1CC1. The summed E-state index contributed by atoms with van der Waals surface area (Å²) in [6.45, 7) is 12.0. The Labute approximate surface area is 257 Å². The van der Waals surface area contributed by atoms with Crippen molar-refractivity contribution in [3.63, 3.8) is 0 Å². The zero-order chi connectivity index (χ0) is 30.3. The number of carboxylic acid groups (broad SMARTS) is 1. The van der Waals surface area contributed by atoms with Crippen molar-refractivity contribution in [2.45, 2.75) is 76.9 Å². The highest BCUT2D eigenvalue weighted by molar-refractivity contribution is 5.94. The van der Waals surface area contributed by atoms with Crippen molar-refractivity contribution in [1.29, 1.82) is 0 Å². The van der Waals surface area contributed by atoms with Crippen molar-refractivity contribution in [3.05, 3.63) is 65.2 Å². The lowest BCUT2D eigenvalue weighted by Gasteiger charge is -2.48. The van der Waals surface area contributed by atoms with E-state index in [1.54, 1.807) is 6.07 Å². The fourth-order valence-corrected chi connectivity index (χ4v) is 6.91. The van der Waals surface area contributed by atoms with E-state index in [0.717, 1.165) is 94.1 Å². The fraction of sp³-hybridized carbons (Fsp3) is 0.600. The first kappa shape index (κ1) is 31.5. The van der Waals surface area contributed by atoms with Gasteiger partial charge >= 0.3 is 5.97 Å². The van der Waals surface area contributed by atoms with Crippen molar-refractivity contribution in [1.82, 2.24) is 19.6 Å². The zero-order valence-corrected chi connectivity index (χ0v) is 26.0. The molecule has 3 atom stereocenters. The summed E-state index contributed by atoms with van der Waals surface area (Å²) >= 11 is 0. The van der Waals surface area contributed by atoms with Gasteiger partial charge in [-0.3, -0.25) is 24.3 Å². The van der Waals surface area contributed by atoms with Crippen LogP contribution in [0.25, 0.3) is 0 Å². The van der Waals surface area contributed by atoms with Crippen molar-refractivity contribution >= 4 is 11.9 Å². The Morgan fingerprint density at radius 1 is 0.860 bits per heavy atom. The van der Waals surface area contributed by atoms with Crippen LogP contribution in [-0.4, -0.2) is 106 Å². The van der Waals surface area contributed by atoms with E-state index in [0.29, 0.717) is 12.1 Å². The molecule has 1 amide bonds. The number of unbranched alkanes of at least 4 members (excludes halogenated alkanes) is 3. The van der Waals surface area contributed by atoms with E-state index in [4.69, 9.17) is 5.11 Å². The van der Waals surface area contributed by atoms with Crippen LogP contribution in [0.4, 0.5) is 0 Å². The monoisotopic (exact) mass is 590 g/mol. The lowest BCUT2D eigenvalue weighted by atomic mass is 9.92. The van der Waals surface area contributed by atoms with E-state index >= 15 is 0 Å². The Balaban J connectivity index is 1.24. The number of hydrogen-bond donors (Lipinski definition) is 2. The molecule has 2 aromatic rings. The highest BCUT2D eigenvalue weighted by Crippen LogP contribution is 2.37. The number of hydrogen-bond acceptors (Lipinski definition) is 6. The Hall–Kier alpha value is -2.94. The molecule has 8 nitrogen and oxygen atoms in total. The van der Waals surface area contributed by atoms with E-state index in [-0.39, 0.29) is 24.1 Å². The molecule has 0 unspecified atom stereocenters. The van der Waals surface area contributed by atoms with Crippen LogP contribution in [0, 0.1) is 5.92 Å². The van der Waals surface area contributed by atoms with Crippen LogP contribution in [0.1, 0.15) is 86.3 Å². The molecule has 2 aromatic carbocycles. The third kappa shape index (κ3) is 8.58. The van der Waals surface area contributed by atoms with E-state index < -0.39 is 5.97 Å². The molecule has 0 bridgehead atoms. The molecule has 1 aliphatic carbocycles. The second-order valence-corrected chi connectivity index (χ2v) is 13.1. The number of carbonyl (C=O) groups excluding carboxylic acids is 1. The first-order chi connectivity index (χ1) is 20.8. The lowest BCUT2D eigenvalue weighted by molar-refractivity contribution is -0.137. The molecule has 0 radical (unpaired) electrons. The van der Waals surface area contributed by atoms with Crippen LogP contribution in [0.3, 0.4) is 0 Å². The van der Waals surface area contributed by atoms with Crippen LogP contribution in [-0.2, 0) is 4.79 Å². The minimum Gasteiger partial charge on any atom is -0.508 e. The number of aromatic hydroxyl groups is 1. The number of piperazine rings is 2. The number of amides is 1. The summed E-state index contributed by atoms with van der Waals surface area (Å²) in [5.41, 5.74) is 2.87. The van der Waals surface area contributed by atoms with Crippen LogP contribution >= 0.6 is 0 Å². The number of rotatable bonds is 13. The van der Waals surface area contributed by atoms with Gasteiger partial charge in [0.25, 0.3) is 5.91 Å². The van der Waals surface area contributed by atoms with Crippen LogP contribution < -0.4 is 0 Å². The predicted molar refractivity (Wildman–Crippen MR) is 169 cm³/mol. The maximum Gasteiger partial charge on any atom is 0.303 e. The molecule has 5 rings (SSSR count). The molecule has 234 valence electrons. The van der Waals surface area contributed by atoms with Gasteiger partial charge < -0.3 is 15.1 Å². The van der Waals surface area contributed by atoms with E-state index in [2.05, 4.69) is 46.7 Å². The molecule has 2 N–H and O–H groups in total. The molecule has 2 heterocycles. The van der Waals surface area contributed by atoms with Crippen LogP contribution in [0.2, 0.25) is 0 Å². The smallest absolute Gasteiger partial charge is 0.303 e. The molecular weight excluding hydrogens is 540 g/mol. The van der Waals surface area contributed by atoms with Gasteiger partial charge in [-0.2, -0.15) is 0 Å². The van der Waals surface area contributed by atoms with Gasteiger partial charge in [-0.1, -0.05) is 37.1 Å². The minimum absolute atomic E-state index is 0.0484. The molecule has 2 saturated heterocycles. The molecule has 43 heavy (non-hydrogen) atoms. The standard InChI is InChI=1S/C35H50N4O4/c1-26-24-39(27(2)23-38(26)25-28-14-15-28)34(30-10-8-12-32(40)22-30)29-9-7-11-31(21-29)35(43)37-19-17-36(18-20-37)16-6-4-3-5-13-33(41)42/h7-12,21-22,26-28,34,40H,3-6,13-20,23-25H2,1-2H3,(H,41,42)/t26-,27+,34-/m1/s1. The molecule has 1 saturated carbocycles. The molecule has 3 fully saturated rings. The topological polar surface area (TPSA) is 87.6 Å². The first-order valence-corrected chi connectivity index (χ1v) is 16.4. The average molecular weight is 591 g/mol. The quantitative estimate of drug-likeness (QED) is 0.315. The van der Waals surface area contributed by atoms with Gasteiger partial charge in [0, 0.05) is 69.9 Å². The Kier molecular flexibility index (Phi) is 10.8. The summed E-state index contributed by atoms with van der Waals surface area (Å²) in [6, 6.07) is 16.5. The largest absolute Gasteiger partial charge is 0.508 e. The molecule has 3 aliphatic rings. The molecule has 2 aliphatic heterocycles. The first-order valence-electron chi connectivity index (χ1n) is 16.4. The molecule has 0 spiro atoms. The lowest BCUT2D eigenvalue weighted by Crippen LogP contribution is -2.57. The molecule has 0 aromatic heterocycles. The summed E-state index contributed by atoms with van der Waals surface area (Å²) in [4.78, 5) is 34.0. The maximum absolute atomic E-state index is 13.7. The van der Waals surface area contributed by atoms with E-state index in [1.807, 2.05) is 29.2 Å². The summed E-state index contributed by atoms with van der Waals surface area (Å²) in [7, 11) is 0. The normalized spacial score (nSPS) is 22.9. The number of aliphatic carboxylic acids is 1. The minimum atomic E-state index is -0.715. The number of benzene rings is 2. The number of carboxylic acids is 1. The highest BCUT2D eigenvalue weighted by atomic mass is 16.4. The number of carbonyl (C=O) groups is 2. The summed E-state index contributed by atoms with van der Waals surface area (Å²) in [5.74, 6) is 0.497. The van der Waals surface area contributed by atoms with Gasteiger partial charge in [-0.15, -0.1) is 0 Å². The van der Waals surface area contributed by atoms with Crippen molar-refractivity contribution < 1.29 is 19.8 Å². The Morgan fingerprint density at radius 3 is 2.26 bits per heavy atom. The summed E-state index contributed by atoms with van der Waals surface area (Å²) < 4.78 is 0. The summed E-state index contributed by atoms with van der Waals surface area (Å²) in [5, 5.41) is 19.2. The molecular formula is C35H50N4O4. The van der Waals surface area contributed by atoms with Gasteiger partial charge in [-0.25, -0.2) is 0 Å². The van der Waals surface area contributed by atoms with Crippen molar-refractivity contribution in [3.8, 4) is 5.75 Å².